The minimum Gasteiger partial charge on any atom is -0.502 e. The lowest BCUT2D eigenvalue weighted by Gasteiger charge is -2.16. The molecule has 5 nitrogen and oxygen atoms in total. The first-order chi connectivity index (χ1) is 10.5. The Balaban J connectivity index is 2.24. The molecule has 0 aliphatic carbocycles. The van der Waals surface area contributed by atoms with Gasteiger partial charge in [-0.2, -0.15) is 0 Å². The summed E-state index contributed by atoms with van der Waals surface area (Å²) in [4.78, 5) is 25.5. The zero-order chi connectivity index (χ0) is 16.3. The van der Waals surface area contributed by atoms with Gasteiger partial charge in [-0.1, -0.05) is 32.9 Å². The predicted octanol–water partition coefficient (Wildman–Crippen LogP) is 2.77. The summed E-state index contributed by atoms with van der Waals surface area (Å²) < 4.78 is 5.48. The number of imide groups is 1. The van der Waals surface area contributed by atoms with Crippen LogP contribution in [0.5, 0.6) is 5.75 Å². The van der Waals surface area contributed by atoms with Gasteiger partial charge >= 0.3 is 0 Å². The summed E-state index contributed by atoms with van der Waals surface area (Å²) in [7, 11) is 0. The lowest BCUT2D eigenvalue weighted by atomic mass is 10.1. The van der Waals surface area contributed by atoms with Gasteiger partial charge in [0.1, 0.15) is 5.75 Å². The van der Waals surface area contributed by atoms with Crippen molar-refractivity contribution in [2.45, 2.75) is 27.2 Å². The molecule has 5 heteroatoms. The number of hydrogen-bond acceptors (Lipinski definition) is 4. The second-order valence-electron chi connectivity index (χ2n) is 5.71. The first-order valence-corrected chi connectivity index (χ1v) is 7.48. The number of nitrogens with zero attached hydrogens (tertiary/aromatic N) is 1. The maximum atomic E-state index is 12.4. The van der Waals surface area contributed by atoms with Crippen molar-refractivity contribution in [1.29, 1.82) is 0 Å². The average molecular weight is 303 g/mol. The molecule has 0 aromatic heterocycles. The summed E-state index contributed by atoms with van der Waals surface area (Å²) >= 11 is 0. The van der Waals surface area contributed by atoms with Crippen LogP contribution in [0.1, 0.15) is 32.8 Å². The maximum absolute atomic E-state index is 12.4. The average Bonchev–Trinajstić information content (AvgIpc) is 2.69. The highest BCUT2D eigenvalue weighted by molar-refractivity contribution is 6.34. The second-order valence-corrected chi connectivity index (χ2v) is 5.71. The third kappa shape index (κ3) is 3.13. The number of ether oxygens (including phenoxy) is 1. The van der Waals surface area contributed by atoms with Gasteiger partial charge in [-0.15, -0.1) is 0 Å². The van der Waals surface area contributed by atoms with E-state index in [4.69, 9.17) is 4.74 Å². The van der Waals surface area contributed by atoms with Crippen LogP contribution >= 0.6 is 0 Å². The molecule has 0 saturated carbocycles. The third-order valence-corrected chi connectivity index (χ3v) is 3.31. The summed E-state index contributed by atoms with van der Waals surface area (Å²) in [6.07, 6.45) is 0.908. The smallest absolute Gasteiger partial charge is 0.296 e. The predicted molar refractivity (Wildman–Crippen MR) is 83.3 cm³/mol. The Bertz CT molecular complexity index is 602. The number of carbonyl (C=O) groups is 2. The van der Waals surface area contributed by atoms with Crippen LogP contribution in [0, 0.1) is 5.92 Å². The first-order valence-electron chi connectivity index (χ1n) is 7.48. The van der Waals surface area contributed by atoms with Gasteiger partial charge in [0, 0.05) is 6.54 Å². The molecule has 0 spiro atoms. The number of benzene rings is 1. The van der Waals surface area contributed by atoms with Crippen LogP contribution in [-0.2, 0) is 9.59 Å². The molecule has 0 unspecified atom stereocenters. The van der Waals surface area contributed by atoms with Gasteiger partial charge in [-0.25, -0.2) is 0 Å². The van der Waals surface area contributed by atoms with Gasteiger partial charge in [-0.05, 0) is 30.0 Å². The van der Waals surface area contributed by atoms with Crippen molar-refractivity contribution < 1.29 is 19.4 Å². The fraction of sp³-hybridized carbons (Fsp3) is 0.412. The van der Waals surface area contributed by atoms with E-state index < -0.39 is 17.6 Å². The number of aliphatic hydroxyl groups excluding tert-OH is 1. The van der Waals surface area contributed by atoms with Gasteiger partial charge in [0.15, 0.2) is 5.76 Å². The monoisotopic (exact) mass is 303 g/mol. The van der Waals surface area contributed by atoms with Crippen LogP contribution < -0.4 is 4.74 Å². The van der Waals surface area contributed by atoms with Crippen molar-refractivity contribution >= 4 is 17.4 Å². The Labute approximate surface area is 130 Å². The molecule has 0 fully saturated rings. The van der Waals surface area contributed by atoms with E-state index in [0.717, 1.165) is 11.3 Å². The molecule has 1 aliphatic heterocycles. The van der Waals surface area contributed by atoms with Gasteiger partial charge in [0.2, 0.25) is 0 Å². The number of aliphatic hydroxyl groups is 1. The summed E-state index contributed by atoms with van der Waals surface area (Å²) in [5, 5.41) is 10.0. The highest BCUT2D eigenvalue weighted by Gasteiger charge is 2.39. The fourth-order valence-corrected chi connectivity index (χ4v) is 2.29. The van der Waals surface area contributed by atoms with Crippen LogP contribution in [0.4, 0.5) is 0 Å². The Hall–Kier alpha value is -2.30. The molecule has 22 heavy (non-hydrogen) atoms. The van der Waals surface area contributed by atoms with Crippen molar-refractivity contribution in [3.05, 3.63) is 35.6 Å². The summed E-state index contributed by atoms with van der Waals surface area (Å²) in [5.41, 5.74) is 0.582. The first kappa shape index (κ1) is 16.1. The van der Waals surface area contributed by atoms with Crippen molar-refractivity contribution in [3.63, 3.8) is 0 Å². The van der Waals surface area contributed by atoms with Crippen LogP contribution in [-0.4, -0.2) is 35.0 Å². The van der Waals surface area contributed by atoms with Gasteiger partial charge in [-0.3, -0.25) is 14.5 Å². The van der Waals surface area contributed by atoms with E-state index in [1.54, 1.807) is 24.3 Å². The molecular formula is C17H21NO4. The standard InChI is InChI=1S/C17H21NO4/c1-4-9-22-13-7-5-12(6-8-13)14-15(19)17(21)18(16(14)20)10-11(2)3/h5-8,11,19H,4,9-10H2,1-3H3. The van der Waals surface area contributed by atoms with Crippen molar-refractivity contribution in [2.24, 2.45) is 5.92 Å². The van der Waals surface area contributed by atoms with Crippen molar-refractivity contribution in [2.75, 3.05) is 13.2 Å². The zero-order valence-corrected chi connectivity index (χ0v) is 13.1. The largest absolute Gasteiger partial charge is 0.502 e. The van der Waals surface area contributed by atoms with Gasteiger partial charge < -0.3 is 9.84 Å². The van der Waals surface area contributed by atoms with E-state index in [9.17, 15) is 14.7 Å². The zero-order valence-electron chi connectivity index (χ0n) is 13.1. The van der Waals surface area contributed by atoms with E-state index in [1.807, 2.05) is 20.8 Å². The minimum atomic E-state index is -0.625. The fourth-order valence-electron chi connectivity index (χ4n) is 2.29. The highest BCUT2D eigenvalue weighted by Crippen LogP contribution is 2.29. The Morgan fingerprint density at radius 3 is 2.32 bits per heavy atom. The molecule has 1 N–H and O–H groups in total. The molecule has 0 bridgehead atoms. The molecule has 0 radical (unpaired) electrons. The van der Waals surface area contributed by atoms with Gasteiger partial charge in [0.05, 0.1) is 12.2 Å². The van der Waals surface area contributed by atoms with E-state index in [-0.39, 0.29) is 11.5 Å². The molecule has 1 aromatic carbocycles. The van der Waals surface area contributed by atoms with Crippen molar-refractivity contribution in [1.82, 2.24) is 4.90 Å². The van der Waals surface area contributed by atoms with Gasteiger partial charge in [0.25, 0.3) is 11.8 Å². The number of hydrogen-bond donors (Lipinski definition) is 1. The maximum Gasteiger partial charge on any atom is 0.296 e. The minimum absolute atomic E-state index is 0.0627. The molecule has 118 valence electrons. The summed E-state index contributed by atoms with van der Waals surface area (Å²) in [6, 6.07) is 6.82. The number of carbonyl (C=O) groups excluding carboxylic acids is 2. The highest BCUT2D eigenvalue weighted by atomic mass is 16.5. The third-order valence-electron chi connectivity index (χ3n) is 3.31. The Kier molecular flexibility index (Phi) is 4.85. The molecule has 1 heterocycles. The number of rotatable bonds is 6. The molecule has 0 saturated heterocycles. The lowest BCUT2D eigenvalue weighted by Crippen LogP contribution is -2.34. The second kappa shape index (κ2) is 6.64. The normalized spacial score (nSPS) is 15.2. The Morgan fingerprint density at radius 2 is 1.77 bits per heavy atom. The summed E-state index contributed by atoms with van der Waals surface area (Å²) in [5.74, 6) is -0.710. The van der Waals surface area contributed by atoms with E-state index in [2.05, 4.69) is 0 Å². The SMILES string of the molecule is CCCOc1ccc(C2=C(O)C(=O)N(CC(C)C)C2=O)cc1. The number of amides is 2. The topological polar surface area (TPSA) is 66.8 Å². The quantitative estimate of drug-likeness (QED) is 0.821. The van der Waals surface area contributed by atoms with E-state index >= 15 is 0 Å². The van der Waals surface area contributed by atoms with Crippen LogP contribution in [0.25, 0.3) is 5.57 Å². The summed E-state index contributed by atoms with van der Waals surface area (Å²) in [6.45, 7) is 6.75. The lowest BCUT2D eigenvalue weighted by molar-refractivity contribution is -0.138. The van der Waals surface area contributed by atoms with Crippen LogP contribution in [0.15, 0.2) is 30.0 Å². The van der Waals surface area contributed by atoms with Crippen molar-refractivity contribution in [3.8, 4) is 5.75 Å². The molecule has 1 aromatic rings. The molecule has 0 atom stereocenters. The molecule has 2 rings (SSSR count). The Morgan fingerprint density at radius 1 is 1.14 bits per heavy atom. The molecule has 2 amide bonds. The molecular weight excluding hydrogens is 282 g/mol. The van der Waals surface area contributed by atoms with Crippen LogP contribution in [0.2, 0.25) is 0 Å². The van der Waals surface area contributed by atoms with Crippen LogP contribution in [0.3, 0.4) is 0 Å². The molecule has 1 aliphatic rings. The van der Waals surface area contributed by atoms with E-state index in [1.165, 1.54) is 0 Å². The van der Waals surface area contributed by atoms with E-state index in [0.29, 0.717) is 24.5 Å².